The summed E-state index contributed by atoms with van der Waals surface area (Å²) in [6.07, 6.45) is 0. The van der Waals surface area contributed by atoms with Crippen molar-refractivity contribution in [3.8, 4) is 0 Å². The molecule has 0 spiro atoms. The zero-order valence-corrected chi connectivity index (χ0v) is 11.9. The average molecular weight is 301 g/mol. The molecule has 0 atom stereocenters. The summed E-state index contributed by atoms with van der Waals surface area (Å²) in [5.74, 6) is 0. The SMILES string of the molecule is CN1CCN(Cc2c(Cl)oc3ccccc23)S1(=O)=O. The largest absolute Gasteiger partial charge is 0.444 e. The number of likely N-dealkylation sites (N-methyl/N-ethyl adjacent to an activating group) is 1. The van der Waals surface area contributed by atoms with Crippen LogP contribution in [0.3, 0.4) is 0 Å². The molecule has 0 N–H and O–H groups in total. The second kappa shape index (κ2) is 4.49. The maximum atomic E-state index is 12.0. The molecule has 0 unspecified atom stereocenters. The molecule has 7 heteroatoms. The third-order valence-corrected chi connectivity index (χ3v) is 5.61. The summed E-state index contributed by atoms with van der Waals surface area (Å²) in [5, 5.41) is 1.11. The number of halogens is 1. The van der Waals surface area contributed by atoms with E-state index in [4.69, 9.17) is 16.0 Å². The summed E-state index contributed by atoms with van der Waals surface area (Å²) in [6.45, 7) is 1.20. The first-order valence-corrected chi connectivity index (χ1v) is 7.65. The molecule has 0 bridgehead atoms. The highest BCUT2D eigenvalue weighted by Crippen LogP contribution is 2.32. The highest BCUT2D eigenvalue weighted by Gasteiger charge is 2.34. The van der Waals surface area contributed by atoms with Gasteiger partial charge in [0.15, 0.2) is 5.22 Å². The fourth-order valence-corrected chi connectivity index (χ4v) is 3.79. The molecule has 102 valence electrons. The van der Waals surface area contributed by atoms with E-state index in [0.29, 0.717) is 18.7 Å². The lowest BCUT2D eigenvalue weighted by molar-refractivity contribution is 0.443. The zero-order valence-electron chi connectivity index (χ0n) is 10.3. The number of nitrogens with zero attached hydrogens (tertiary/aromatic N) is 2. The molecule has 2 heterocycles. The van der Waals surface area contributed by atoms with Crippen molar-refractivity contribution in [1.29, 1.82) is 0 Å². The van der Waals surface area contributed by atoms with E-state index in [0.717, 1.165) is 10.9 Å². The number of hydrogen-bond acceptors (Lipinski definition) is 3. The monoisotopic (exact) mass is 300 g/mol. The van der Waals surface area contributed by atoms with Crippen molar-refractivity contribution < 1.29 is 12.8 Å². The lowest BCUT2D eigenvalue weighted by Gasteiger charge is -2.15. The summed E-state index contributed by atoms with van der Waals surface area (Å²) in [6, 6.07) is 7.43. The van der Waals surface area contributed by atoms with Crippen molar-refractivity contribution in [2.75, 3.05) is 20.1 Å². The number of benzene rings is 1. The molecule has 0 aliphatic carbocycles. The number of furan rings is 1. The predicted octanol–water partition coefficient (Wildman–Crippen LogP) is 2.08. The molecular formula is C12H13ClN2O3S. The maximum absolute atomic E-state index is 12.0. The van der Waals surface area contributed by atoms with E-state index in [9.17, 15) is 8.42 Å². The fraction of sp³-hybridized carbons (Fsp3) is 0.333. The first kappa shape index (κ1) is 12.9. The number of fused-ring (bicyclic) bond motifs is 1. The van der Waals surface area contributed by atoms with Crippen LogP contribution >= 0.6 is 11.6 Å². The van der Waals surface area contributed by atoms with Gasteiger partial charge in [0.2, 0.25) is 0 Å². The molecule has 0 amide bonds. The van der Waals surface area contributed by atoms with Crippen LogP contribution in [-0.2, 0) is 16.8 Å². The molecule has 1 aliphatic rings. The number of hydrogen-bond donors (Lipinski definition) is 0. The van der Waals surface area contributed by atoms with E-state index in [1.165, 1.54) is 8.61 Å². The average Bonchev–Trinajstić information content (AvgIpc) is 2.81. The van der Waals surface area contributed by atoms with Gasteiger partial charge >= 0.3 is 0 Å². The Hall–Kier alpha value is -1.08. The normalized spacial score (nSPS) is 20.3. The Morgan fingerprint density at radius 2 is 2.05 bits per heavy atom. The van der Waals surface area contributed by atoms with E-state index in [1.54, 1.807) is 7.05 Å². The van der Waals surface area contributed by atoms with Gasteiger partial charge < -0.3 is 4.42 Å². The molecule has 19 heavy (non-hydrogen) atoms. The highest BCUT2D eigenvalue weighted by molar-refractivity contribution is 7.86. The van der Waals surface area contributed by atoms with Crippen LogP contribution in [0.25, 0.3) is 11.0 Å². The molecule has 1 aromatic heterocycles. The van der Waals surface area contributed by atoms with Gasteiger partial charge in [0.05, 0.1) is 0 Å². The van der Waals surface area contributed by atoms with Crippen molar-refractivity contribution in [1.82, 2.24) is 8.61 Å². The number of para-hydroxylation sites is 1. The Labute approximate surface area is 116 Å². The molecule has 1 saturated heterocycles. The highest BCUT2D eigenvalue weighted by atomic mass is 35.5. The summed E-state index contributed by atoms with van der Waals surface area (Å²) in [4.78, 5) is 0. The Kier molecular flexibility index (Phi) is 3.05. The minimum absolute atomic E-state index is 0.239. The van der Waals surface area contributed by atoms with Crippen LogP contribution in [0.4, 0.5) is 0 Å². The minimum atomic E-state index is -3.36. The second-order valence-corrected chi connectivity index (χ2v) is 6.89. The molecular weight excluding hydrogens is 288 g/mol. The third-order valence-electron chi connectivity index (χ3n) is 3.37. The predicted molar refractivity (Wildman–Crippen MR) is 73.2 cm³/mol. The fourth-order valence-electron chi connectivity index (χ4n) is 2.23. The summed E-state index contributed by atoms with van der Waals surface area (Å²) < 4.78 is 32.3. The zero-order chi connectivity index (χ0) is 13.6. The first-order valence-electron chi connectivity index (χ1n) is 5.87. The smallest absolute Gasteiger partial charge is 0.282 e. The third kappa shape index (κ3) is 2.04. The second-order valence-electron chi connectivity index (χ2n) is 4.51. The van der Waals surface area contributed by atoms with E-state index in [-0.39, 0.29) is 11.8 Å². The lowest BCUT2D eigenvalue weighted by Crippen LogP contribution is -2.30. The van der Waals surface area contributed by atoms with Crippen LogP contribution in [0, 0.1) is 0 Å². The number of rotatable bonds is 2. The van der Waals surface area contributed by atoms with Crippen molar-refractivity contribution >= 4 is 32.8 Å². The van der Waals surface area contributed by atoms with Gasteiger partial charge in [-0.2, -0.15) is 17.0 Å². The van der Waals surface area contributed by atoms with Crippen LogP contribution < -0.4 is 0 Å². The van der Waals surface area contributed by atoms with Crippen molar-refractivity contribution in [3.63, 3.8) is 0 Å². The Morgan fingerprint density at radius 3 is 2.74 bits per heavy atom. The summed E-state index contributed by atoms with van der Waals surface area (Å²) in [5.41, 5.74) is 1.39. The lowest BCUT2D eigenvalue weighted by atomic mass is 10.2. The first-order chi connectivity index (χ1) is 9.00. The van der Waals surface area contributed by atoms with E-state index in [2.05, 4.69) is 0 Å². The summed E-state index contributed by atoms with van der Waals surface area (Å²) in [7, 11) is -1.79. The molecule has 0 radical (unpaired) electrons. The van der Waals surface area contributed by atoms with Crippen LogP contribution in [-0.4, -0.2) is 37.2 Å². The van der Waals surface area contributed by atoms with Gasteiger partial charge in [-0.1, -0.05) is 18.2 Å². The van der Waals surface area contributed by atoms with Crippen LogP contribution in [0.1, 0.15) is 5.56 Å². The van der Waals surface area contributed by atoms with Crippen molar-refractivity contribution in [3.05, 3.63) is 35.0 Å². The van der Waals surface area contributed by atoms with Crippen LogP contribution in [0.5, 0.6) is 0 Å². The van der Waals surface area contributed by atoms with E-state index < -0.39 is 10.2 Å². The van der Waals surface area contributed by atoms with E-state index in [1.807, 2.05) is 24.3 Å². The molecule has 1 fully saturated rings. The van der Waals surface area contributed by atoms with Gasteiger partial charge in [-0.25, -0.2) is 0 Å². The van der Waals surface area contributed by atoms with Crippen LogP contribution in [0.15, 0.2) is 28.7 Å². The van der Waals surface area contributed by atoms with Crippen molar-refractivity contribution in [2.24, 2.45) is 0 Å². The van der Waals surface area contributed by atoms with Gasteiger partial charge in [0, 0.05) is 37.6 Å². The molecule has 1 aromatic carbocycles. The quantitative estimate of drug-likeness (QED) is 0.853. The van der Waals surface area contributed by atoms with Crippen molar-refractivity contribution in [2.45, 2.75) is 6.54 Å². The van der Waals surface area contributed by atoms with E-state index >= 15 is 0 Å². The van der Waals surface area contributed by atoms with Gasteiger partial charge in [-0.15, -0.1) is 0 Å². The van der Waals surface area contributed by atoms with Gasteiger partial charge in [-0.05, 0) is 17.7 Å². The Bertz CT molecular complexity index is 726. The Morgan fingerprint density at radius 1 is 1.32 bits per heavy atom. The molecule has 3 rings (SSSR count). The van der Waals surface area contributed by atoms with Gasteiger partial charge in [0.25, 0.3) is 10.2 Å². The topological polar surface area (TPSA) is 53.8 Å². The van der Waals surface area contributed by atoms with Gasteiger partial charge in [-0.3, -0.25) is 0 Å². The summed E-state index contributed by atoms with van der Waals surface area (Å²) >= 11 is 6.07. The van der Waals surface area contributed by atoms with Crippen LogP contribution in [0.2, 0.25) is 5.22 Å². The molecule has 1 aliphatic heterocycles. The maximum Gasteiger partial charge on any atom is 0.282 e. The molecule has 0 saturated carbocycles. The van der Waals surface area contributed by atoms with Gasteiger partial charge in [0.1, 0.15) is 5.58 Å². The molecule has 5 nitrogen and oxygen atoms in total. The standard InChI is InChI=1S/C12H13ClN2O3S/c1-14-6-7-15(19(14,16)17)8-10-9-4-2-3-5-11(9)18-12(10)13/h2-5H,6-8H2,1H3. The molecule has 2 aromatic rings. The minimum Gasteiger partial charge on any atom is -0.444 e. The Balaban J connectivity index is 2.01.